The monoisotopic (exact) mass is 654 g/mol. The van der Waals surface area contributed by atoms with Crippen molar-refractivity contribution in [1.29, 1.82) is 0 Å². The van der Waals surface area contributed by atoms with E-state index in [4.69, 9.17) is 28.2 Å². The van der Waals surface area contributed by atoms with Gasteiger partial charge in [0.25, 0.3) is 5.91 Å². The minimum absolute atomic E-state index is 0.135. The summed E-state index contributed by atoms with van der Waals surface area (Å²) in [7, 11) is 0. The van der Waals surface area contributed by atoms with Crippen LogP contribution in [-0.4, -0.2) is 75.6 Å². The zero-order valence-electron chi connectivity index (χ0n) is 26.0. The smallest absolute Gasteiger partial charge is 0.268 e. The van der Waals surface area contributed by atoms with Crippen LogP contribution in [0.3, 0.4) is 0 Å². The second-order valence-electron chi connectivity index (χ2n) is 12.6. The highest BCUT2D eigenvalue weighted by molar-refractivity contribution is 6.31. The molecule has 5 aromatic rings. The number of nitrogens with one attached hydrogen (secondary N) is 2. The molecule has 2 aliphatic heterocycles. The molecular weight excluding hydrogens is 615 g/mol. The molecule has 2 N–H and O–H groups in total. The first-order valence-corrected chi connectivity index (χ1v) is 17.2. The Morgan fingerprint density at radius 1 is 0.891 bits per heavy atom. The summed E-state index contributed by atoms with van der Waals surface area (Å²) in [5.41, 5.74) is 5.89. The van der Waals surface area contributed by atoms with Crippen molar-refractivity contribution in [3.63, 3.8) is 0 Å². The zero-order chi connectivity index (χ0) is 31.5. The van der Waals surface area contributed by atoms with E-state index in [0.717, 1.165) is 58.6 Å². The van der Waals surface area contributed by atoms with Crippen molar-refractivity contribution >= 4 is 40.0 Å². The molecule has 0 unspecified atom stereocenters. The van der Waals surface area contributed by atoms with E-state index in [1.807, 2.05) is 67.0 Å². The molecule has 2 aromatic heterocycles. The van der Waals surface area contributed by atoms with Crippen molar-refractivity contribution in [3.05, 3.63) is 100 Å². The van der Waals surface area contributed by atoms with E-state index in [-0.39, 0.29) is 5.91 Å². The highest BCUT2D eigenvalue weighted by Gasteiger charge is 2.27. The van der Waals surface area contributed by atoms with Gasteiger partial charge in [-0.3, -0.25) is 4.79 Å². The molecule has 0 saturated carbocycles. The zero-order valence-corrected chi connectivity index (χ0v) is 27.5. The van der Waals surface area contributed by atoms with Crippen molar-refractivity contribution in [3.8, 4) is 22.5 Å². The maximum atomic E-state index is 14.0. The largest absolute Gasteiger partial charge is 0.350 e. The van der Waals surface area contributed by atoms with E-state index in [2.05, 4.69) is 36.8 Å². The first-order chi connectivity index (χ1) is 22.5. The number of nitrogens with zero attached hydrogens (tertiary/aromatic N) is 4. The van der Waals surface area contributed by atoms with Gasteiger partial charge in [0.2, 0.25) is 0 Å². The fraction of sp³-hybridized carbons (Fsp3) is 0.351. The minimum atomic E-state index is -0.135. The standard InChI is InChI=1S/C37H40Cl2N6O/c38-28-11-9-26(10-12-28)24-45-25-41-34(27-7-3-1-4-8-27)36(45)33-31-14-13-29(39)23-32(31)42-35(33)37(46)40-17-22-43-20-15-30(16-21-43)44-18-5-2-6-19-44/h1,3-4,7-14,23,25,30,42H,2,5-6,15-22,24H2,(H,40,46). The molecule has 9 heteroatoms. The number of carbonyl (C=O) groups is 1. The lowest BCUT2D eigenvalue weighted by Gasteiger charge is -2.40. The van der Waals surface area contributed by atoms with Crippen LogP contribution in [0.25, 0.3) is 33.4 Å². The van der Waals surface area contributed by atoms with Gasteiger partial charge in [-0.25, -0.2) is 4.98 Å². The van der Waals surface area contributed by atoms with Gasteiger partial charge in [0.15, 0.2) is 0 Å². The summed E-state index contributed by atoms with van der Waals surface area (Å²) in [6, 6.07) is 24.4. The Morgan fingerprint density at radius 3 is 2.39 bits per heavy atom. The molecule has 0 radical (unpaired) electrons. The van der Waals surface area contributed by atoms with Crippen molar-refractivity contribution < 1.29 is 4.79 Å². The average molecular weight is 656 g/mol. The lowest BCUT2D eigenvalue weighted by atomic mass is 10.00. The number of benzene rings is 3. The first kappa shape index (κ1) is 31.0. The van der Waals surface area contributed by atoms with Gasteiger partial charge in [-0.15, -0.1) is 0 Å². The van der Waals surface area contributed by atoms with Crippen molar-refractivity contribution in [2.24, 2.45) is 0 Å². The Kier molecular flexibility index (Phi) is 9.45. The molecule has 0 aliphatic carbocycles. The van der Waals surface area contributed by atoms with Gasteiger partial charge in [0.1, 0.15) is 5.69 Å². The summed E-state index contributed by atoms with van der Waals surface area (Å²) in [5.74, 6) is -0.135. The molecule has 1 amide bonds. The maximum Gasteiger partial charge on any atom is 0.268 e. The summed E-state index contributed by atoms with van der Waals surface area (Å²) in [4.78, 5) is 27.5. The van der Waals surface area contributed by atoms with Crippen molar-refractivity contribution in [2.45, 2.75) is 44.7 Å². The SMILES string of the molecule is O=C(NCCN1CCC(N2CCCCC2)CC1)c1[nH]c2cc(Cl)ccc2c1-c1c(-c2ccccc2)ncn1Cc1ccc(Cl)cc1. The predicted octanol–water partition coefficient (Wildman–Crippen LogP) is 7.73. The van der Waals surface area contributed by atoms with Crippen LogP contribution in [0.2, 0.25) is 10.0 Å². The Labute approximate surface area is 280 Å². The highest BCUT2D eigenvalue weighted by atomic mass is 35.5. The van der Waals surface area contributed by atoms with Crippen molar-refractivity contribution in [2.75, 3.05) is 39.3 Å². The third-order valence-electron chi connectivity index (χ3n) is 9.55. The second-order valence-corrected chi connectivity index (χ2v) is 13.4. The van der Waals surface area contributed by atoms with Crippen molar-refractivity contribution in [1.82, 2.24) is 29.7 Å². The van der Waals surface area contributed by atoms with Crippen LogP contribution in [0.5, 0.6) is 0 Å². The molecule has 7 nitrogen and oxygen atoms in total. The number of fused-ring (bicyclic) bond motifs is 1. The first-order valence-electron chi connectivity index (χ1n) is 16.4. The molecule has 3 aromatic carbocycles. The number of aromatic amines is 1. The average Bonchev–Trinajstić information content (AvgIpc) is 3.67. The highest BCUT2D eigenvalue weighted by Crippen LogP contribution is 2.39. The van der Waals surface area contributed by atoms with Crippen LogP contribution in [0.15, 0.2) is 79.1 Å². The molecule has 4 heterocycles. The minimum Gasteiger partial charge on any atom is -0.350 e. The Hall–Kier alpha value is -3.62. The number of carbonyl (C=O) groups excluding carboxylic acids is 1. The Bertz CT molecular complexity index is 1780. The lowest BCUT2D eigenvalue weighted by Crippen LogP contribution is -2.48. The summed E-state index contributed by atoms with van der Waals surface area (Å²) in [6.45, 7) is 6.66. The number of piperidine rings is 2. The number of hydrogen-bond donors (Lipinski definition) is 2. The fourth-order valence-corrected chi connectivity index (χ4v) is 7.45. The van der Waals surface area contributed by atoms with Gasteiger partial charge in [0.05, 0.1) is 17.7 Å². The van der Waals surface area contributed by atoms with Crippen LogP contribution in [-0.2, 0) is 6.54 Å². The molecule has 0 spiro atoms. The molecule has 7 rings (SSSR count). The Morgan fingerprint density at radius 2 is 1.63 bits per heavy atom. The van der Waals surface area contributed by atoms with Crippen LogP contribution >= 0.6 is 23.2 Å². The Balaban J connectivity index is 1.16. The quantitative estimate of drug-likeness (QED) is 0.171. The van der Waals surface area contributed by atoms with Crippen LogP contribution in [0.4, 0.5) is 0 Å². The number of aromatic nitrogens is 3. The molecular formula is C37H40Cl2N6O. The maximum absolute atomic E-state index is 14.0. The normalized spacial score (nSPS) is 16.7. The van der Waals surface area contributed by atoms with E-state index in [1.54, 1.807) is 0 Å². The van der Waals surface area contributed by atoms with Gasteiger partial charge in [-0.05, 0) is 81.7 Å². The molecule has 2 aliphatic rings. The number of rotatable bonds is 9. The third-order valence-corrected chi connectivity index (χ3v) is 10.0. The van der Waals surface area contributed by atoms with Crippen LogP contribution in [0.1, 0.15) is 48.2 Å². The number of H-pyrrole nitrogens is 1. The predicted molar refractivity (Wildman–Crippen MR) is 188 cm³/mol. The number of hydrogen-bond acceptors (Lipinski definition) is 4. The molecule has 2 saturated heterocycles. The van der Waals surface area contributed by atoms with Crippen LogP contribution < -0.4 is 5.32 Å². The number of likely N-dealkylation sites (tertiary alicyclic amines) is 2. The van der Waals surface area contributed by atoms with E-state index >= 15 is 0 Å². The molecule has 46 heavy (non-hydrogen) atoms. The fourth-order valence-electron chi connectivity index (χ4n) is 7.15. The molecule has 0 bridgehead atoms. The molecule has 2 fully saturated rings. The summed E-state index contributed by atoms with van der Waals surface area (Å²) < 4.78 is 2.12. The second kappa shape index (κ2) is 14.0. The van der Waals surface area contributed by atoms with Gasteiger partial charge in [-0.2, -0.15) is 0 Å². The van der Waals surface area contributed by atoms with Gasteiger partial charge in [-0.1, -0.05) is 78.2 Å². The third kappa shape index (κ3) is 6.74. The van der Waals surface area contributed by atoms with E-state index in [9.17, 15) is 4.79 Å². The number of amides is 1. The van der Waals surface area contributed by atoms with E-state index < -0.39 is 0 Å². The molecule has 0 atom stereocenters. The summed E-state index contributed by atoms with van der Waals surface area (Å²) in [5, 5.41) is 5.46. The van der Waals surface area contributed by atoms with E-state index in [1.165, 1.54) is 45.2 Å². The van der Waals surface area contributed by atoms with Gasteiger partial charge < -0.3 is 24.7 Å². The summed E-state index contributed by atoms with van der Waals surface area (Å²) in [6.07, 6.45) is 8.32. The topological polar surface area (TPSA) is 69.2 Å². The van der Waals surface area contributed by atoms with Gasteiger partial charge >= 0.3 is 0 Å². The van der Waals surface area contributed by atoms with Gasteiger partial charge in [0, 0.05) is 57.8 Å². The number of imidazole rings is 1. The number of halogens is 2. The van der Waals surface area contributed by atoms with Crippen LogP contribution in [0, 0.1) is 0 Å². The summed E-state index contributed by atoms with van der Waals surface area (Å²) >= 11 is 12.6. The molecule has 238 valence electrons. The van der Waals surface area contributed by atoms with E-state index in [0.29, 0.717) is 34.9 Å². The lowest BCUT2D eigenvalue weighted by molar-refractivity contribution is 0.0879.